The standard InChI is InChI=1S/C8H7NOS/c1-10-8-4-2-7(3-5-8)6-9-11/h2-5H,1H3. The van der Waals surface area contributed by atoms with E-state index in [1.54, 1.807) is 7.11 Å². The summed E-state index contributed by atoms with van der Waals surface area (Å²) in [6, 6.07) is 10.00. The van der Waals surface area contributed by atoms with Crippen molar-refractivity contribution in [3.8, 4) is 11.8 Å². The maximum Gasteiger partial charge on any atom is 0.291 e. The minimum atomic E-state index is 0.819. The quantitative estimate of drug-likeness (QED) is 0.589. The van der Waals surface area contributed by atoms with Crippen molar-refractivity contribution in [2.75, 3.05) is 7.11 Å². The van der Waals surface area contributed by atoms with Crippen LogP contribution in [0.25, 0.3) is 4.25 Å². The Kier molecular flexibility index (Phi) is 2.70. The molecular formula is C8H7NOS. The molecular weight excluding hydrogens is 158 g/mol. The largest absolute Gasteiger partial charge is 0.497 e. The molecule has 0 N–H and O–H groups in total. The minimum absolute atomic E-state index is 0.819. The third-order valence-electron chi connectivity index (χ3n) is 1.26. The van der Waals surface area contributed by atoms with E-state index in [9.17, 15) is 0 Å². The van der Waals surface area contributed by atoms with E-state index in [1.165, 1.54) is 0 Å². The molecule has 0 saturated carbocycles. The molecule has 0 fully saturated rings. The zero-order valence-corrected chi connectivity index (χ0v) is 6.89. The topological polar surface area (TPSA) is 13.6 Å². The van der Waals surface area contributed by atoms with Gasteiger partial charge in [-0.05, 0) is 24.3 Å². The first kappa shape index (κ1) is 7.83. The van der Waals surface area contributed by atoms with E-state index in [1.807, 2.05) is 24.3 Å². The molecule has 0 unspecified atom stereocenters. The van der Waals surface area contributed by atoms with Crippen LogP contribution >= 0.6 is 0 Å². The highest BCUT2D eigenvalue weighted by molar-refractivity contribution is 7.61. The van der Waals surface area contributed by atoms with Crippen molar-refractivity contribution in [2.24, 2.45) is 0 Å². The Morgan fingerprint density at radius 3 is 2.45 bits per heavy atom. The van der Waals surface area contributed by atoms with Gasteiger partial charge in [0.2, 0.25) is 0 Å². The molecule has 56 valence electrons. The Bertz CT molecular complexity index is 283. The van der Waals surface area contributed by atoms with E-state index in [4.69, 9.17) is 4.74 Å². The lowest BCUT2D eigenvalue weighted by atomic mass is 10.2. The van der Waals surface area contributed by atoms with Gasteiger partial charge in [-0.15, -0.1) is 0 Å². The second-order valence-corrected chi connectivity index (χ2v) is 2.11. The molecule has 0 amide bonds. The van der Waals surface area contributed by atoms with Crippen LogP contribution in [-0.4, -0.2) is 7.11 Å². The summed E-state index contributed by atoms with van der Waals surface area (Å²) in [5.41, 5.74) is 0.862. The van der Waals surface area contributed by atoms with Crippen LogP contribution in [-0.2, 0) is 12.8 Å². The maximum absolute atomic E-state index is 4.96. The molecule has 0 aliphatic heterocycles. The second-order valence-electron chi connectivity index (χ2n) is 1.93. The van der Waals surface area contributed by atoms with Gasteiger partial charge in [-0.25, -0.2) is 0 Å². The number of hydrogen-bond acceptors (Lipinski definition) is 2. The van der Waals surface area contributed by atoms with Gasteiger partial charge in [0.25, 0.3) is 6.07 Å². The molecule has 3 heteroatoms. The average Bonchev–Trinajstić information content (AvgIpc) is 2.07. The Hall–Kier alpha value is -1.27. The summed E-state index contributed by atoms with van der Waals surface area (Å²) in [5, 5.41) is 0. The lowest BCUT2D eigenvalue weighted by Gasteiger charge is -1.95. The van der Waals surface area contributed by atoms with E-state index in [2.05, 4.69) is 23.1 Å². The summed E-state index contributed by atoms with van der Waals surface area (Å²) >= 11 is 4.38. The van der Waals surface area contributed by atoms with Gasteiger partial charge in [0.05, 0.1) is 12.7 Å². The number of rotatable bonds is 1. The lowest BCUT2D eigenvalue weighted by molar-refractivity contribution is 0.415. The number of hydrogen-bond donors (Lipinski definition) is 0. The Balaban J connectivity index is 2.88. The highest BCUT2D eigenvalue weighted by Crippen LogP contribution is 2.09. The first-order valence-electron chi connectivity index (χ1n) is 3.09. The predicted molar refractivity (Wildman–Crippen MR) is 46.7 cm³/mol. The van der Waals surface area contributed by atoms with E-state index < -0.39 is 0 Å². The lowest BCUT2D eigenvalue weighted by Crippen LogP contribution is -1.81. The molecule has 0 atom stereocenters. The summed E-state index contributed by atoms with van der Waals surface area (Å²) in [5.74, 6) is 0.819. The molecule has 11 heavy (non-hydrogen) atoms. The van der Waals surface area contributed by atoms with Gasteiger partial charge in [-0.3, -0.25) is 12.8 Å². The van der Waals surface area contributed by atoms with Crippen molar-refractivity contribution < 1.29 is 4.74 Å². The minimum Gasteiger partial charge on any atom is -0.497 e. The van der Waals surface area contributed by atoms with Gasteiger partial charge in [-0.1, -0.05) is 0 Å². The molecule has 0 aliphatic rings. The third kappa shape index (κ3) is 2.10. The Morgan fingerprint density at radius 2 is 2.00 bits per heavy atom. The van der Waals surface area contributed by atoms with Crippen LogP contribution in [0.1, 0.15) is 5.56 Å². The van der Waals surface area contributed by atoms with Gasteiger partial charge >= 0.3 is 0 Å². The fraction of sp³-hybridized carbons (Fsp3) is 0.125. The maximum atomic E-state index is 4.96. The normalized spacial score (nSPS) is 8.09. The van der Waals surface area contributed by atoms with Gasteiger partial charge in [0.15, 0.2) is 0 Å². The number of ether oxygens (including phenoxy) is 1. The number of methoxy groups -OCH3 is 1. The molecule has 0 saturated heterocycles. The number of nitrogens with zero attached hydrogens (tertiary/aromatic N) is 1. The van der Waals surface area contributed by atoms with Crippen LogP contribution in [0, 0.1) is 6.07 Å². The summed E-state index contributed by atoms with van der Waals surface area (Å²) in [6.45, 7) is 0. The zero-order chi connectivity index (χ0) is 8.10. The predicted octanol–water partition coefficient (Wildman–Crippen LogP) is 1.84. The van der Waals surface area contributed by atoms with Crippen LogP contribution in [0.5, 0.6) is 5.75 Å². The monoisotopic (exact) mass is 165 g/mol. The summed E-state index contributed by atoms with van der Waals surface area (Å²) in [4.78, 5) is 0. The summed E-state index contributed by atoms with van der Waals surface area (Å²) < 4.78 is 8.32. The Morgan fingerprint density at radius 1 is 1.36 bits per heavy atom. The first-order valence-corrected chi connectivity index (χ1v) is 3.46. The van der Waals surface area contributed by atoms with Gasteiger partial charge in [0, 0.05) is 0 Å². The molecule has 0 aromatic heterocycles. The smallest absolute Gasteiger partial charge is 0.291 e. The zero-order valence-electron chi connectivity index (χ0n) is 6.07. The first-order chi connectivity index (χ1) is 5.36. The summed E-state index contributed by atoms with van der Waals surface area (Å²) in [6.07, 6.45) is 0. The fourth-order valence-corrected chi connectivity index (χ4v) is 0.824. The highest BCUT2D eigenvalue weighted by atomic mass is 32.1. The van der Waals surface area contributed by atoms with E-state index in [-0.39, 0.29) is 0 Å². The Labute approximate surface area is 71.2 Å². The number of benzene rings is 1. The third-order valence-corrected chi connectivity index (χ3v) is 1.36. The highest BCUT2D eigenvalue weighted by Gasteiger charge is 1.92. The van der Waals surface area contributed by atoms with E-state index in [0.717, 1.165) is 11.3 Å². The van der Waals surface area contributed by atoms with Crippen molar-refractivity contribution >= 4 is 12.8 Å². The van der Waals surface area contributed by atoms with Crippen LogP contribution in [0.4, 0.5) is 0 Å². The molecule has 0 aliphatic carbocycles. The molecule has 0 bridgehead atoms. The van der Waals surface area contributed by atoms with Crippen LogP contribution in [0.3, 0.4) is 0 Å². The molecule has 1 aromatic rings. The molecule has 1 rings (SSSR count). The van der Waals surface area contributed by atoms with Crippen molar-refractivity contribution in [1.82, 2.24) is 0 Å². The van der Waals surface area contributed by atoms with Crippen LogP contribution < -0.4 is 4.74 Å². The second kappa shape index (κ2) is 3.79. The van der Waals surface area contributed by atoms with E-state index in [0.29, 0.717) is 0 Å². The van der Waals surface area contributed by atoms with Crippen molar-refractivity contribution in [3.63, 3.8) is 0 Å². The summed E-state index contributed by atoms with van der Waals surface area (Å²) in [7, 11) is 1.62. The molecule has 1 aromatic carbocycles. The van der Waals surface area contributed by atoms with Crippen LogP contribution in [0.2, 0.25) is 0 Å². The fourth-order valence-electron chi connectivity index (χ4n) is 0.718. The van der Waals surface area contributed by atoms with Crippen LogP contribution in [0.15, 0.2) is 24.3 Å². The molecule has 0 heterocycles. The van der Waals surface area contributed by atoms with Crippen molar-refractivity contribution in [3.05, 3.63) is 34.1 Å². The average molecular weight is 165 g/mol. The van der Waals surface area contributed by atoms with Gasteiger partial charge in [-0.2, -0.15) is 4.25 Å². The van der Waals surface area contributed by atoms with Gasteiger partial charge in [0.1, 0.15) is 5.75 Å². The van der Waals surface area contributed by atoms with Crippen molar-refractivity contribution in [1.29, 1.82) is 0 Å². The van der Waals surface area contributed by atoms with E-state index >= 15 is 0 Å². The molecule has 2 nitrogen and oxygen atoms in total. The van der Waals surface area contributed by atoms with Crippen molar-refractivity contribution in [2.45, 2.75) is 0 Å². The SMILES string of the molecule is COc1ccc(C#[N+][S-])cc1. The van der Waals surface area contributed by atoms with Gasteiger partial charge < -0.3 is 4.74 Å². The molecule has 0 spiro atoms. The molecule has 0 radical (unpaired) electrons.